The molecule has 1 unspecified atom stereocenters. The summed E-state index contributed by atoms with van der Waals surface area (Å²) in [6, 6.07) is 0. The zero-order valence-corrected chi connectivity index (χ0v) is 14.8. The van der Waals surface area contributed by atoms with Crippen LogP contribution in [0.5, 0.6) is 0 Å². The maximum atomic E-state index is 13.5. The Balaban J connectivity index is 5.90. The number of halogens is 14. The van der Waals surface area contributed by atoms with E-state index in [0.717, 1.165) is 29.5 Å². The van der Waals surface area contributed by atoms with E-state index in [1.165, 1.54) is 0 Å². The van der Waals surface area contributed by atoms with Crippen LogP contribution in [-0.2, 0) is 9.53 Å². The van der Waals surface area contributed by atoms with Crippen molar-refractivity contribution in [2.75, 3.05) is 6.61 Å². The largest absolute Gasteiger partial charge is 0.465 e. The van der Waals surface area contributed by atoms with Gasteiger partial charge in [-0.25, -0.2) is 0 Å². The van der Waals surface area contributed by atoms with Crippen molar-refractivity contribution in [1.82, 2.24) is 0 Å². The molecule has 0 saturated carbocycles. The van der Waals surface area contributed by atoms with Gasteiger partial charge in [0.2, 0.25) is 0 Å². The molecule has 0 rings (SSSR count). The number of ether oxygens (including phenoxy) is 1. The molecule has 0 spiro atoms. The molecule has 27 heavy (non-hydrogen) atoms. The van der Waals surface area contributed by atoms with Crippen molar-refractivity contribution in [3.8, 4) is 0 Å². The van der Waals surface area contributed by atoms with E-state index < -0.39 is 58.7 Å². The van der Waals surface area contributed by atoms with Gasteiger partial charge in [0.15, 0.2) is 0 Å². The minimum Gasteiger partial charge on any atom is -0.465 e. The van der Waals surface area contributed by atoms with E-state index in [9.17, 15) is 61.9 Å². The van der Waals surface area contributed by atoms with Gasteiger partial charge in [0.25, 0.3) is 0 Å². The van der Waals surface area contributed by atoms with Crippen molar-refractivity contribution < 1.29 is 66.6 Å². The molecule has 0 bridgehead atoms. The monoisotopic (exact) mass is 546 g/mol. The normalized spacial score (nSPS) is 16.3. The zero-order valence-electron chi connectivity index (χ0n) is 12.6. The van der Waals surface area contributed by atoms with Crippen molar-refractivity contribution in [2.24, 2.45) is 0 Å². The second kappa shape index (κ2) is 7.61. The first kappa shape index (κ1) is 26.3. The summed E-state index contributed by atoms with van der Waals surface area (Å²) >= 11 is 0.867. The third-order valence-electron chi connectivity index (χ3n) is 2.94. The average Bonchev–Trinajstić information content (AvgIpc) is 2.42. The number of alkyl halides is 14. The quantitative estimate of drug-likeness (QED) is 0.175. The summed E-state index contributed by atoms with van der Waals surface area (Å²) in [6.07, 6.45) is -9.84. The Hall–Kier alpha value is -0.710. The van der Waals surface area contributed by atoms with Crippen molar-refractivity contribution in [3.05, 3.63) is 0 Å². The topological polar surface area (TPSA) is 26.3 Å². The third kappa shape index (κ3) is 4.65. The SMILES string of the molecule is CC(=O)OCC(I)CC(F)(F)C(F)(F)C(F)(F)C(F)(F)C(F)(F)C(F)(F)F. The van der Waals surface area contributed by atoms with E-state index in [2.05, 4.69) is 4.74 Å². The Morgan fingerprint density at radius 1 is 0.778 bits per heavy atom. The number of carbonyl (C=O) groups excluding carboxylic acids is 1. The van der Waals surface area contributed by atoms with Gasteiger partial charge in [0, 0.05) is 13.3 Å². The van der Waals surface area contributed by atoms with E-state index >= 15 is 0 Å². The van der Waals surface area contributed by atoms with Crippen LogP contribution < -0.4 is 0 Å². The molecule has 0 aromatic heterocycles. The van der Waals surface area contributed by atoms with Crippen LogP contribution in [0.15, 0.2) is 0 Å². The molecule has 0 fully saturated rings. The Morgan fingerprint density at radius 3 is 1.48 bits per heavy atom. The Labute approximate surface area is 155 Å². The second-order valence-electron chi connectivity index (χ2n) is 5.10. The Kier molecular flexibility index (Phi) is 7.41. The number of hydrogen-bond donors (Lipinski definition) is 0. The summed E-state index contributed by atoms with van der Waals surface area (Å²) in [5, 5.41) is 0. The predicted molar refractivity (Wildman–Crippen MR) is 69.8 cm³/mol. The van der Waals surface area contributed by atoms with Gasteiger partial charge < -0.3 is 4.74 Å². The van der Waals surface area contributed by atoms with Crippen LogP contribution in [0, 0.1) is 0 Å². The molecule has 0 aliphatic heterocycles. The molecule has 0 aromatic carbocycles. The van der Waals surface area contributed by atoms with E-state index in [-0.39, 0.29) is 0 Å². The minimum absolute atomic E-state index is 0.740. The fourth-order valence-corrected chi connectivity index (χ4v) is 2.21. The number of esters is 1. The van der Waals surface area contributed by atoms with Crippen LogP contribution in [0.1, 0.15) is 13.3 Å². The molecule has 0 N–H and O–H groups in total. The summed E-state index contributed by atoms with van der Waals surface area (Å²) < 4.78 is 169. The highest BCUT2D eigenvalue weighted by atomic mass is 127. The van der Waals surface area contributed by atoms with Crippen molar-refractivity contribution in [2.45, 2.75) is 53.1 Å². The van der Waals surface area contributed by atoms with Gasteiger partial charge in [-0.05, 0) is 0 Å². The number of carbonyl (C=O) groups is 1. The number of hydrogen-bond acceptors (Lipinski definition) is 2. The van der Waals surface area contributed by atoms with Gasteiger partial charge in [-0.1, -0.05) is 22.6 Å². The fourth-order valence-electron chi connectivity index (χ4n) is 1.48. The van der Waals surface area contributed by atoms with Gasteiger partial charge in [0.1, 0.15) is 6.61 Å². The lowest BCUT2D eigenvalue weighted by atomic mass is 9.92. The lowest BCUT2D eigenvalue weighted by Crippen LogP contribution is -2.70. The van der Waals surface area contributed by atoms with Crippen molar-refractivity contribution in [1.29, 1.82) is 0 Å². The molecule has 0 aromatic rings. The molecule has 16 heteroatoms. The second-order valence-corrected chi connectivity index (χ2v) is 6.87. The minimum atomic E-state index is -7.91. The molecular weight excluding hydrogens is 538 g/mol. The average molecular weight is 546 g/mol. The lowest BCUT2D eigenvalue weighted by Gasteiger charge is -2.40. The van der Waals surface area contributed by atoms with E-state index in [1.54, 1.807) is 0 Å². The molecule has 1 atom stereocenters. The van der Waals surface area contributed by atoms with Crippen LogP contribution in [-0.4, -0.2) is 52.3 Å². The van der Waals surface area contributed by atoms with Gasteiger partial charge in [0.05, 0.1) is 3.92 Å². The zero-order chi connectivity index (χ0) is 22.3. The van der Waals surface area contributed by atoms with Gasteiger partial charge in [-0.3, -0.25) is 4.79 Å². The molecule has 162 valence electrons. The highest BCUT2D eigenvalue weighted by molar-refractivity contribution is 14.1. The van der Waals surface area contributed by atoms with Crippen molar-refractivity contribution >= 4 is 28.6 Å². The molecule has 2 nitrogen and oxygen atoms in total. The van der Waals surface area contributed by atoms with E-state index in [4.69, 9.17) is 0 Å². The van der Waals surface area contributed by atoms with Crippen molar-refractivity contribution in [3.63, 3.8) is 0 Å². The van der Waals surface area contributed by atoms with Gasteiger partial charge >= 0.3 is 41.8 Å². The summed E-state index contributed by atoms with van der Waals surface area (Å²) in [6.45, 7) is -0.341. The van der Waals surface area contributed by atoms with Crippen LogP contribution in [0.4, 0.5) is 57.1 Å². The third-order valence-corrected chi connectivity index (χ3v) is 3.74. The summed E-state index contributed by atoms with van der Waals surface area (Å²) in [5.74, 6) is -38.1. The standard InChI is InChI=1S/C11H8F13IO2/c1-4(26)27-3-5(25)2-6(12,13)7(14,15)8(16,17)9(18,19)10(20,21)11(22,23)24/h5H,2-3H2,1H3. The first-order chi connectivity index (χ1) is 11.6. The van der Waals surface area contributed by atoms with Gasteiger partial charge in [-0.15, -0.1) is 0 Å². The molecule has 0 amide bonds. The summed E-state index contributed by atoms with van der Waals surface area (Å²) in [7, 11) is 0. The fraction of sp³-hybridized carbons (Fsp3) is 0.909. The molecule has 0 aliphatic carbocycles. The van der Waals surface area contributed by atoms with Crippen LogP contribution in [0.25, 0.3) is 0 Å². The van der Waals surface area contributed by atoms with E-state index in [1.807, 2.05) is 0 Å². The predicted octanol–water partition coefficient (Wildman–Crippen LogP) is 5.48. The first-order valence-electron chi connectivity index (χ1n) is 6.29. The maximum Gasteiger partial charge on any atom is 0.460 e. The molecule has 0 aliphatic rings. The highest BCUT2D eigenvalue weighted by Crippen LogP contribution is 2.60. The molecule has 0 heterocycles. The van der Waals surface area contributed by atoms with Gasteiger partial charge in [-0.2, -0.15) is 57.1 Å². The molecular formula is C11H8F13IO2. The lowest BCUT2D eigenvalue weighted by molar-refractivity contribution is -0.440. The molecule has 0 saturated heterocycles. The highest BCUT2D eigenvalue weighted by Gasteiger charge is 2.90. The molecule has 0 radical (unpaired) electrons. The van der Waals surface area contributed by atoms with Crippen LogP contribution in [0.3, 0.4) is 0 Å². The first-order valence-corrected chi connectivity index (χ1v) is 7.54. The Morgan fingerprint density at radius 2 is 1.15 bits per heavy atom. The summed E-state index contributed by atoms with van der Waals surface area (Å²) in [5.41, 5.74) is 0. The summed E-state index contributed by atoms with van der Waals surface area (Å²) in [4.78, 5) is 10.4. The Bertz CT molecular complexity index is 543. The maximum absolute atomic E-state index is 13.5. The van der Waals surface area contributed by atoms with E-state index in [0.29, 0.717) is 0 Å². The van der Waals surface area contributed by atoms with Crippen LogP contribution in [0.2, 0.25) is 0 Å². The van der Waals surface area contributed by atoms with Crippen LogP contribution >= 0.6 is 22.6 Å². The number of rotatable bonds is 8. The smallest absolute Gasteiger partial charge is 0.460 e.